The fourth-order valence-electron chi connectivity index (χ4n) is 3.48. The molecule has 0 bridgehead atoms. The molecule has 1 unspecified atom stereocenters. The van der Waals surface area contributed by atoms with Crippen LogP contribution in [0.25, 0.3) is 11.2 Å². The number of hydrogen-bond acceptors (Lipinski definition) is 2. The highest BCUT2D eigenvalue weighted by atomic mass is 35.5. The van der Waals surface area contributed by atoms with Gasteiger partial charge in [0.1, 0.15) is 11.3 Å². The Bertz CT molecular complexity index is 612. The van der Waals surface area contributed by atoms with Gasteiger partial charge in [-0.1, -0.05) is 25.7 Å². The highest BCUT2D eigenvalue weighted by Crippen LogP contribution is 2.30. The van der Waals surface area contributed by atoms with Crippen LogP contribution in [0.3, 0.4) is 0 Å². The summed E-state index contributed by atoms with van der Waals surface area (Å²) in [6.45, 7) is 5.00. The lowest BCUT2D eigenvalue weighted by Gasteiger charge is -2.12. The molecule has 0 spiro atoms. The summed E-state index contributed by atoms with van der Waals surface area (Å²) >= 11 is 6.31. The molecule has 1 aliphatic carbocycles. The quantitative estimate of drug-likeness (QED) is 0.727. The number of alkyl halides is 1. The molecule has 2 aromatic heterocycles. The molecule has 0 radical (unpaired) electrons. The molecule has 0 saturated heterocycles. The average Bonchev–Trinajstić information content (AvgIpc) is 3.07. The average molecular weight is 306 g/mol. The van der Waals surface area contributed by atoms with Crippen LogP contribution in [-0.2, 0) is 6.54 Å². The lowest BCUT2D eigenvalue weighted by molar-refractivity contribution is 0.457. The van der Waals surface area contributed by atoms with Crippen LogP contribution in [0.15, 0.2) is 12.1 Å². The van der Waals surface area contributed by atoms with Crippen molar-refractivity contribution in [1.82, 2.24) is 14.5 Å². The van der Waals surface area contributed by atoms with Crippen molar-refractivity contribution in [3.05, 3.63) is 23.7 Å². The van der Waals surface area contributed by atoms with Crippen molar-refractivity contribution in [2.75, 3.05) is 0 Å². The van der Waals surface area contributed by atoms with E-state index in [1.54, 1.807) is 0 Å². The predicted octanol–water partition coefficient (Wildman–Crippen LogP) is 5.01. The van der Waals surface area contributed by atoms with Gasteiger partial charge in [-0.15, -0.1) is 11.6 Å². The third-order valence-electron chi connectivity index (χ3n) is 4.59. The second-order valence-electron chi connectivity index (χ2n) is 6.33. The Labute approximate surface area is 131 Å². The molecule has 1 atom stereocenters. The van der Waals surface area contributed by atoms with Gasteiger partial charge >= 0.3 is 0 Å². The number of rotatable bonds is 5. The van der Waals surface area contributed by atoms with Crippen LogP contribution in [0.1, 0.15) is 62.3 Å². The fourth-order valence-corrected chi connectivity index (χ4v) is 3.64. The van der Waals surface area contributed by atoms with Gasteiger partial charge in [-0.3, -0.25) is 0 Å². The summed E-state index contributed by atoms with van der Waals surface area (Å²) in [5.41, 5.74) is 2.99. The Hall–Kier alpha value is -1.09. The summed E-state index contributed by atoms with van der Waals surface area (Å²) in [6, 6.07) is 4.06. The van der Waals surface area contributed by atoms with E-state index in [9.17, 15) is 0 Å². The highest BCUT2D eigenvalue weighted by molar-refractivity contribution is 6.20. The van der Waals surface area contributed by atoms with Crippen molar-refractivity contribution in [3.63, 3.8) is 0 Å². The second-order valence-corrected chi connectivity index (χ2v) is 6.98. The van der Waals surface area contributed by atoms with Gasteiger partial charge in [0, 0.05) is 12.2 Å². The molecule has 1 fully saturated rings. The number of nitrogens with zero attached hydrogens (tertiary/aromatic N) is 3. The van der Waals surface area contributed by atoms with Crippen molar-refractivity contribution in [2.24, 2.45) is 5.92 Å². The summed E-state index contributed by atoms with van der Waals surface area (Å²) < 4.78 is 2.23. The van der Waals surface area contributed by atoms with Gasteiger partial charge < -0.3 is 4.57 Å². The van der Waals surface area contributed by atoms with Crippen molar-refractivity contribution in [3.8, 4) is 0 Å². The summed E-state index contributed by atoms with van der Waals surface area (Å²) in [6.07, 6.45) is 8.19. The number of hydrogen-bond donors (Lipinski definition) is 0. The van der Waals surface area contributed by atoms with E-state index in [1.807, 2.05) is 26.0 Å². The molecule has 0 aromatic carbocycles. The largest absolute Gasteiger partial charge is 0.311 e. The Morgan fingerprint density at radius 2 is 2.05 bits per heavy atom. The smallest absolute Gasteiger partial charge is 0.160 e. The summed E-state index contributed by atoms with van der Waals surface area (Å²) in [7, 11) is 0. The first-order valence-electron chi connectivity index (χ1n) is 8.13. The zero-order valence-corrected chi connectivity index (χ0v) is 13.7. The van der Waals surface area contributed by atoms with Gasteiger partial charge in [-0.2, -0.15) is 0 Å². The first-order chi connectivity index (χ1) is 10.1. The lowest BCUT2D eigenvalue weighted by Crippen LogP contribution is -2.07. The maximum absolute atomic E-state index is 6.31. The lowest BCUT2D eigenvalue weighted by atomic mass is 10.0. The third-order valence-corrected chi connectivity index (χ3v) is 4.78. The minimum Gasteiger partial charge on any atom is -0.311 e. The molecular formula is C17H24ClN3. The number of imidazole rings is 1. The van der Waals surface area contributed by atoms with Crippen molar-refractivity contribution >= 4 is 22.8 Å². The molecule has 0 aliphatic heterocycles. The van der Waals surface area contributed by atoms with E-state index in [0.29, 0.717) is 0 Å². The van der Waals surface area contributed by atoms with Crippen LogP contribution in [0.5, 0.6) is 0 Å². The van der Waals surface area contributed by atoms with E-state index < -0.39 is 0 Å². The van der Waals surface area contributed by atoms with Gasteiger partial charge in [-0.05, 0) is 44.7 Å². The van der Waals surface area contributed by atoms with Gasteiger partial charge in [0.15, 0.2) is 5.65 Å². The van der Waals surface area contributed by atoms with Gasteiger partial charge in [-0.25, -0.2) is 9.97 Å². The molecule has 1 saturated carbocycles. The van der Waals surface area contributed by atoms with E-state index in [0.717, 1.165) is 35.1 Å². The molecule has 114 valence electrons. The molecule has 4 heteroatoms. The first kappa shape index (κ1) is 14.8. The molecule has 3 rings (SSSR count). The van der Waals surface area contributed by atoms with Crippen LogP contribution in [0, 0.1) is 12.8 Å². The number of fused-ring (bicyclic) bond motifs is 1. The number of halogens is 1. The van der Waals surface area contributed by atoms with Crippen LogP contribution in [0.4, 0.5) is 0 Å². The van der Waals surface area contributed by atoms with E-state index >= 15 is 0 Å². The van der Waals surface area contributed by atoms with Gasteiger partial charge in [0.2, 0.25) is 0 Å². The number of aromatic nitrogens is 3. The monoisotopic (exact) mass is 305 g/mol. The number of aryl methyl sites for hydroxylation is 2. The summed E-state index contributed by atoms with van der Waals surface area (Å²) in [5.74, 6) is 1.89. The predicted molar refractivity (Wildman–Crippen MR) is 87.7 cm³/mol. The fraction of sp³-hybridized carbons (Fsp3) is 0.647. The molecule has 3 nitrogen and oxygen atoms in total. The van der Waals surface area contributed by atoms with E-state index in [1.165, 1.54) is 38.5 Å². The Morgan fingerprint density at radius 1 is 1.29 bits per heavy atom. The number of pyridine rings is 1. The SMILES string of the molecule is Cc1ccc2nc(C(C)Cl)n(CCCC3CCCC3)c2n1. The van der Waals surface area contributed by atoms with Crippen LogP contribution >= 0.6 is 11.6 Å². The summed E-state index contributed by atoms with van der Waals surface area (Å²) in [5, 5.41) is -0.0778. The Morgan fingerprint density at radius 3 is 2.76 bits per heavy atom. The molecule has 0 N–H and O–H groups in total. The Kier molecular flexibility index (Phi) is 4.48. The first-order valence-corrected chi connectivity index (χ1v) is 8.56. The molecular weight excluding hydrogens is 282 g/mol. The van der Waals surface area contributed by atoms with E-state index in [4.69, 9.17) is 11.6 Å². The van der Waals surface area contributed by atoms with E-state index in [-0.39, 0.29) is 5.38 Å². The molecule has 2 heterocycles. The zero-order valence-electron chi connectivity index (χ0n) is 13.0. The zero-order chi connectivity index (χ0) is 14.8. The second kappa shape index (κ2) is 6.35. The molecule has 2 aromatic rings. The Balaban J connectivity index is 1.80. The van der Waals surface area contributed by atoms with Crippen molar-refractivity contribution in [2.45, 2.75) is 64.3 Å². The maximum atomic E-state index is 6.31. The molecule has 21 heavy (non-hydrogen) atoms. The highest BCUT2D eigenvalue weighted by Gasteiger charge is 2.18. The minimum atomic E-state index is -0.0778. The van der Waals surface area contributed by atoms with Crippen LogP contribution < -0.4 is 0 Å². The molecule has 0 amide bonds. The van der Waals surface area contributed by atoms with Crippen molar-refractivity contribution in [1.29, 1.82) is 0 Å². The van der Waals surface area contributed by atoms with Crippen LogP contribution in [-0.4, -0.2) is 14.5 Å². The normalized spacial score (nSPS) is 17.7. The third kappa shape index (κ3) is 3.23. The van der Waals surface area contributed by atoms with Gasteiger partial charge in [0.05, 0.1) is 5.38 Å². The van der Waals surface area contributed by atoms with Crippen LogP contribution in [0.2, 0.25) is 0 Å². The topological polar surface area (TPSA) is 30.7 Å². The van der Waals surface area contributed by atoms with Crippen molar-refractivity contribution < 1.29 is 0 Å². The standard InChI is InChI=1S/C17H24ClN3/c1-12-9-10-15-17(19-12)21(16(20-15)13(2)18)11-5-8-14-6-3-4-7-14/h9-10,13-14H,3-8,11H2,1-2H3. The minimum absolute atomic E-state index is 0.0778. The maximum Gasteiger partial charge on any atom is 0.160 e. The summed E-state index contributed by atoms with van der Waals surface area (Å²) in [4.78, 5) is 9.34. The van der Waals surface area contributed by atoms with Gasteiger partial charge in [0.25, 0.3) is 0 Å². The van der Waals surface area contributed by atoms with E-state index in [2.05, 4.69) is 14.5 Å². The molecule has 1 aliphatic rings.